The molecule has 2 rings (SSSR count). The van der Waals surface area contributed by atoms with Crippen LogP contribution in [0.25, 0.3) is 0 Å². The van der Waals surface area contributed by atoms with Crippen molar-refractivity contribution in [1.82, 2.24) is 0 Å². The van der Waals surface area contributed by atoms with E-state index in [1.165, 1.54) is 30.3 Å². The Hall–Kier alpha value is -1.93. The van der Waals surface area contributed by atoms with Gasteiger partial charge in [-0.1, -0.05) is 15.9 Å². The van der Waals surface area contributed by atoms with Crippen molar-refractivity contribution >= 4 is 15.9 Å². The Morgan fingerprint density at radius 2 is 1.95 bits per heavy atom. The van der Waals surface area contributed by atoms with Crippen molar-refractivity contribution in [3.63, 3.8) is 0 Å². The molecule has 0 bridgehead atoms. The number of rotatable bonds is 3. The molecule has 0 saturated heterocycles. The Morgan fingerprint density at radius 1 is 1.16 bits per heavy atom. The molecule has 0 aliphatic heterocycles. The molecule has 0 heterocycles. The second-order valence-corrected chi connectivity index (χ2v) is 4.69. The molecule has 0 aliphatic carbocycles. The monoisotopic (exact) mass is 323 g/mol. The molecule has 19 heavy (non-hydrogen) atoms. The number of hydrogen-bond acceptors (Lipinski definition) is 2. The van der Waals surface area contributed by atoms with E-state index in [1.54, 1.807) is 6.07 Å². The van der Waals surface area contributed by atoms with E-state index in [-0.39, 0.29) is 12.4 Å². The number of nitriles is 1. The summed E-state index contributed by atoms with van der Waals surface area (Å²) in [4.78, 5) is 0. The van der Waals surface area contributed by atoms with E-state index >= 15 is 0 Å². The number of hydrogen-bond donors (Lipinski definition) is 0. The highest BCUT2D eigenvalue weighted by molar-refractivity contribution is 9.10. The van der Waals surface area contributed by atoms with Crippen molar-refractivity contribution in [2.24, 2.45) is 0 Å². The number of halogens is 3. The van der Waals surface area contributed by atoms with Gasteiger partial charge in [0.15, 0.2) is 11.6 Å². The van der Waals surface area contributed by atoms with Crippen LogP contribution in [0.1, 0.15) is 11.1 Å². The van der Waals surface area contributed by atoms with Gasteiger partial charge in [0.05, 0.1) is 11.6 Å². The van der Waals surface area contributed by atoms with Crippen LogP contribution in [0.15, 0.2) is 40.9 Å². The van der Waals surface area contributed by atoms with Gasteiger partial charge in [0.2, 0.25) is 0 Å². The molecule has 0 atom stereocenters. The minimum Gasteiger partial charge on any atom is -0.486 e. The van der Waals surface area contributed by atoms with E-state index in [1.807, 2.05) is 6.07 Å². The Labute approximate surface area is 117 Å². The molecule has 2 nitrogen and oxygen atoms in total. The minimum absolute atomic E-state index is 0.0522. The van der Waals surface area contributed by atoms with Crippen molar-refractivity contribution in [3.8, 4) is 11.8 Å². The average Bonchev–Trinajstić information content (AvgIpc) is 2.38. The molecule has 0 unspecified atom stereocenters. The SMILES string of the molecule is N#Cc1ccc(F)cc1COc1ccc(Br)cc1F. The molecule has 0 radical (unpaired) electrons. The van der Waals surface area contributed by atoms with E-state index in [0.717, 1.165) is 0 Å². The van der Waals surface area contributed by atoms with Crippen LogP contribution in [0.5, 0.6) is 5.75 Å². The number of benzene rings is 2. The van der Waals surface area contributed by atoms with Gasteiger partial charge < -0.3 is 4.74 Å². The first-order valence-corrected chi connectivity index (χ1v) is 6.16. The van der Waals surface area contributed by atoms with Gasteiger partial charge in [-0.05, 0) is 36.4 Å². The molecule has 0 aliphatic rings. The molecule has 0 spiro atoms. The topological polar surface area (TPSA) is 33.0 Å². The maximum absolute atomic E-state index is 13.5. The summed E-state index contributed by atoms with van der Waals surface area (Å²) in [6.45, 7) is -0.0702. The van der Waals surface area contributed by atoms with E-state index in [2.05, 4.69) is 15.9 Å². The Bertz CT molecular complexity index is 652. The predicted octanol–water partition coefficient (Wildman–Crippen LogP) is 4.18. The van der Waals surface area contributed by atoms with Crippen molar-refractivity contribution in [3.05, 3.63) is 63.6 Å². The molecule has 96 valence electrons. The number of ether oxygens (including phenoxy) is 1. The first-order valence-electron chi connectivity index (χ1n) is 5.36. The van der Waals surface area contributed by atoms with Crippen molar-refractivity contribution in [2.45, 2.75) is 6.61 Å². The van der Waals surface area contributed by atoms with Crippen LogP contribution in [0.2, 0.25) is 0 Å². The molecule has 0 aromatic heterocycles. The second-order valence-electron chi connectivity index (χ2n) is 3.78. The summed E-state index contributed by atoms with van der Waals surface area (Å²) in [5.74, 6) is -0.936. The standard InChI is InChI=1S/C14H8BrF2NO/c15-11-2-4-14(13(17)6-11)19-8-10-5-12(16)3-1-9(10)7-18/h1-6H,8H2. The summed E-state index contributed by atoms with van der Waals surface area (Å²) in [5.41, 5.74) is 0.684. The number of nitrogens with zero attached hydrogens (tertiary/aromatic N) is 1. The molecule has 0 saturated carbocycles. The van der Waals surface area contributed by atoms with Crippen LogP contribution in [0.3, 0.4) is 0 Å². The average molecular weight is 324 g/mol. The van der Waals surface area contributed by atoms with Crippen LogP contribution in [0, 0.1) is 23.0 Å². The van der Waals surface area contributed by atoms with Crippen LogP contribution in [-0.2, 0) is 6.61 Å². The highest BCUT2D eigenvalue weighted by Crippen LogP contribution is 2.23. The zero-order valence-electron chi connectivity index (χ0n) is 9.66. The summed E-state index contributed by atoms with van der Waals surface area (Å²) in [5, 5.41) is 8.89. The fraction of sp³-hybridized carbons (Fsp3) is 0.0714. The minimum atomic E-state index is -0.524. The Kier molecular flexibility index (Phi) is 4.13. The summed E-state index contributed by atoms with van der Waals surface area (Å²) < 4.78 is 32.5. The lowest BCUT2D eigenvalue weighted by atomic mass is 10.1. The lowest BCUT2D eigenvalue weighted by Crippen LogP contribution is -2.00. The van der Waals surface area contributed by atoms with Gasteiger partial charge in [-0.15, -0.1) is 0 Å². The van der Waals surface area contributed by atoms with Gasteiger partial charge in [-0.3, -0.25) is 0 Å². The van der Waals surface area contributed by atoms with Crippen LogP contribution in [0.4, 0.5) is 8.78 Å². The fourth-order valence-corrected chi connectivity index (χ4v) is 1.87. The zero-order valence-corrected chi connectivity index (χ0v) is 11.2. The van der Waals surface area contributed by atoms with Crippen LogP contribution in [-0.4, -0.2) is 0 Å². The first kappa shape index (κ1) is 13.5. The summed E-state index contributed by atoms with van der Waals surface area (Å²) in [6, 6.07) is 10.1. The van der Waals surface area contributed by atoms with Gasteiger partial charge >= 0.3 is 0 Å². The van der Waals surface area contributed by atoms with E-state index in [9.17, 15) is 8.78 Å². The lowest BCUT2D eigenvalue weighted by Gasteiger charge is -2.08. The van der Waals surface area contributed by atoms with E-state index < -0.39 is 11.6 Å². The van der Waals surface area contributed by atoms with E-state index in [4.69, 9.17) is 10.00 Å². The van der Waals surface area contributed by atoms with Gasteiger partial charge in [0.1, 0.15) is 12.4 Å². The smallest absolute Gasteiger partial charge is 0.166 e. The van der Waals surface area contributed by atoms with E-state index in [0.29, 0.717) is 15.6 Å². The van der Waals surface area contributed by atoms with Crippen molar-refractivity contribution < 1.29 is 13.5 Å². The third kappa shape index (κ3) is 3.30. The van der Waals surface area contributed by atoms with Crippen LogP contribution >= 0.6 is 15.9 Å². The molecular weight excluding hydrogens is 316 g/mol. The maximum atomic E-state index is 13.5. The molecule has 0 fully saturated rings. The predicted molar refractivity (Wildman–Crippen MR) is 69.5 cm³/mol. The highest BCUT2D eigenvalue weighted by atomic mass is 79.9. The quantitative estimate of drug-likeness (QED) is 0.849. The molecule has 2 aromatic rings. The Balaban J connectivity index is 2.19. The van der Waals surface area contributed by atoms with Gasteiger partial charge in [-0.25, -0.2) is 8.78 Å². The second kappa shape index (κ2) is 5.81. The molecule has 0 amide bonds. The van der Waals surface area contributed by atoms with Gasteiger partial charge in [-0.2, -0.15) is 5.26 Å². The van der Waals surface area contributed by atoms with Crippen molar-refractivity contribution in [2.75, 3.05) is 0 Å². The summed E-state index contributed by atoms with van der Waals surface area (Å²) >= 11 is 3.14. The molecule has 5 heteroatoms. The highest BCUT2D eigenvalue weighted by Gasteiger charge is 2.08. The Morgan fingerprint density at radius 3 is 2.63 bits per heavy atom. The van der Waals surface area contributed by atoms with Crippen LogP contribution < -0.4 is 4.74 Å². The van der Waals surface area contributed by atoms with Gasteiger partial charge in [0.25, 0.3) is 0 Å². The molecule has 2 aromatic carbocycles. The lowest BCUT2D eigenvalue weighted by molar-refractivity contribution is 0.289. The summed E-state index contributed by atoms with van der Waals surface area (Å²) in [7, 11) is 0. The molecule has 0 N–H and O–H groups in total. The maximum Gasteiger partial charge on any atom is 0.166 e. The van der Waals surface area contributed by atoms with Gasteiger partial charge in [0, 0.05) is 10.0 Å². The third-order valence-electron chi connectivity index (χ3n) is 2.46. The largest absolute Gasteiger partial charge is 0.486 e. The first-order chi connectivity index (χ1) is 9.10. The normalized spacial score (nSPS) is 10.0. The van der Waals surface area contributed by atoms with Crippen molar-refractivity contribution in [1.29, 1.82) is 5.26 Å². The third-order valence-corrected chi connectivity index (χ3v) is 2.96. The fourth-order valence-electron chi connectivity index (χ4n) is 1.54. The molecular formula is C14H8BrF2NO. The summed E-state index contributed by atoms with van der Waals surface area (Å²) in [6.07, 6.45) is 0. The zero-order chi connectivity index (χ0) is 13.8.